The number of rotatable bonds is 2. The summed E-state index contributed by atoms with van der Waals surface area (Å²) in [5.41, 5.74) is 7.56. The van der Waals surface area contributed by atoms with E-state index < -0.39 is 86.1 Å². The van der Waals surface area contributed by atoms with E-state index in [0.29, 0.717) is 17.6 Å². The molecule has 258 valence electrons. The predicted molar refractivity (Wildman–Crippen MR) is 168 cm³/mol. The zero-order chi connectivity index (χ0) is 34.2. The standard InChI is InChI=1S/C25H32N10O10P2S/c1-23-4-11(34-8-31-13-20(34)32-22(27)33-21(13)38)16(37)24(23,2)45-46(39,40)42-6-25-3-10(25)14(15(36)17(25)44-47(41,48)43-5-23)35-9-30-12-18(26)28-7-29-19(12)35/h7-11,14-17,36-37H,3-6H2,1-2H3,(H,39,40)(H,41,48)(H2,26,28,29)(H3,27,32,33,38)/t10-,11-,14-,15+,16+,17+,23-,24-,25+,47?/m1/s1. The summed E-state index contributed by atoms with van der Waals surface area (Å²) in [6, 6.07) is -1.64. The molecule has 1 saturated heterocycles. The van der Waals surface area contributed by atoms with Crippen molar-refractivity contribution in [2.75, 3.05) is 24.7 Å². The third-order valence-corrected chi connectivity index (χ3v) is 13.3. The van der Waals surface area contributed by atoms with E-state index >= 15 is 0 Å². The maximum atomic E-state index is 13.7. The van der Waals surface area contributed by atoms with Gasteiger partial charge in [0.15, 0.2) is 22.6 Å². The van der Waals surface area contributed by atoms with Gasteiger partial charge < -0.3 is 49.6 Å². The fraction of sp³-hybridized carbons (Fsp3) is 0.600. The number of aliphatic hydroxyl groups excluding tert-OH is 2. The van der Waals surface area contributed by atoms with Crippen LogP contribution in [-0.2, 0) is 34.5 Å². The molecule has 4 aliphatic rings. The molecule has 20 nitrogen and oxygen atoms in total. The highest BCUT2D eigenvalue weighted by Crippen LogP contribution is 2.73. The zero-order valence-corrected chi connectivity index (χ0v) is 28.0. The lowest BCUT2D eigenvalue weighted by molar-refractivity contribution is -0.122. The minimum absolute atomic E-state index is 0.00131. The number of phosphoric acid groups is 1. The second kappa shape index (κ2) is 10.3. The van der Waals surface area contributed by atoms with Gasteiger partial charge in [0.05, 0.1) is 38.0 Å². The number of nitrogen functional groups attached to an aromatic ring is 2. The molecule has 23 heteroatoms. The molecule has 48 heavy (non-hydrogen) atoms. The molecule has 5 heterocycles. The molecule has 3 aliphatic carbocycles. The van der Waals surface area contributed by atoms with Crippen molar-refractivity contribution < 1.29 is 42.7 Å². The summed E-state index contributed by atoms with van der Waals surface area (Å²) >= 11 is 5.45. The first kappa shape index (κ1) is 32.3. The monoisotopic (exact) mass is 726 g/mol. The van der Waals surface area contributed by atoms with Crippen molar-refractivity contribution in [3.05, 3.63) is 29.3 Å². The van der Waals surface area contributed by atoms with Gasteiger partial charge >= 0.3 is 14.5 Å². The summed E-state index contributed by atoms with van der Waals surface area (Å²) in [4.78, 5) is 58.2. The van der Waals surface area contributed by atoms with Crippen LogP contribution in [-0.4, -0.2) is 96.2 Å². The van der Waals surface area contributed by atoms with E-state index in [9.17, 15) is 29.4 Å². The van der Waals surface area contributed by atoms with Gasteiger partial charge in [0.1, 0.15) is 35.8 Å². The van der Waals surface area contributed by atoms with Gasteiger partial charge in [0.2, 0.25) is 5.95 Å². The number of imidazole rings is 2. The number of nitrogens with two attached hydrogens (primary N) is 2. The Balaban J connectivity index is 1.15. The minimum Gasteiger partial charge on any atom is -0.388 e. The zero-order valence-electron chi connectivity index (χ0n) is 25.4. The number of nitrogens with zero attached hydrogens (tertiary/aromatic N) is 7. The third kappa shape index (κ3) is 4.57. The first-order chi connectivity index (χ1) is 22.5. The Bertz CT molecular complexity index is 2150. The van der Waals surface area contributed by atoms with E-state index in [1.165, 1.54) is 30.5 Å². The molecule has 4 aromatic heterocycles. The molecule has 0 amide bonds. The minimum atomic E-state index is -4.97. The molecule has 2 unspecified atom stereocenters. The van der Waals surface area contributed by atoms with Gasteiger partial charge in [-0.15, -0.1) is 0 Å². The topological polar surface area (TPSA) is 294 Å². The lowest BCUT2D eigenvalue weighted by Gasteiger charge is -2.43. The van der Waals surface area contributed by atoms with Gasteiger partial charge in [-0.25, -0.2) is 24.5 Å². The number of anilines is 2. The van der Waals surface area contributed by atoms with Crippen molar-refractivity contribution in [1.29, 1.82) is 0 Å². The smallest absolute Gasteiger partial charge is 0.388 e. The lowest BCUT2D eigenvalue weighted by atomic mass is 9.77. The molecule has 1 spiro atoms. The Hall–Kier alpha value is -2.94. The average molecular weight is 727 g/mol. The van der Waals surface area contributed by atoms with E-state index in [1.807, 2.05) is 0 Å². The Labute approximate surface area is 275 Å². The van der Waals surface area contributed by atoms with E-state index in [1.54, 1.807) is 11.5 Å². The van der Waals surface area contributed by atoms with Crippen molar-refractivity contribution in [1.82, 2.24) is 39.0 Å². The Morgan fingerprint density at radius 1 is 1.02 bits per heavy atom. The highest BCUT2D eigenvalue weighted by atomic mass is 32.5. The summed E-state index contributed by atoms with van der Waals surface area (Å²) in [6.45, 7) is -1.96. The van der Waals surface area contributed by atoms with Crippen molar-refractivity contribution >= 4 is 60.4 Å². The lowest BCUT2D eigenvalue weighted by Crippen LogP contribution is -2.51. The van der Waals surface area contributed by atoms with E-state index in [2.05, 4.69) is 29.9 Å². The molecule has 4 fully saturated rings. The first-order valence-corrected chi connectivity index (χ1v) is 18.9. The summed E-state index contributed by atoms with van der Waals surface area (Å²) in [5.74, 6) is -0.431. The maximum Gasteiger partial charge on any atom is 0.472 e. The molecule has 3 saturated carbocycles. The number of H-pyrrole nitrogens is 1. The molecule has 0 bridgehead atoms. The van der Waals surface area contributed by atoms with Gasteiger partial charge in [-0.2, -0.15) is 4.98 Å². The van der Waals surface area contributed by atoms with Crippen LogP contribution in [0, 0.1) is 16.7 Å². The van der Waals surface area contributed by atoms with E-state index in [-0.39, 0.29) is 29.4 Å². The fourth-order valence-electron chi connectivity index (χ4n) is 7.93. The van der Waals surface area contributed by atoms with Gasteiger partial charge in [-0.05, 0) is 37.5 Å². The Morgan fingerprint density at radius 3 is 2.52 bits per heavy atom. The largest absolute Gasteiger partial charge is 0.472 e. The summed E-state index contributed by atoms with van der Waals surface area (Å²) < 4.78 is 40.2. The number of aromatic nitrogens is 8. The van der Waals surface area contributed by atoms with Crippen LogP contribution < -0.4 is 17.0 Å². The number of hydrogen-bond acceptors (Lipinski definition) is 16. The van der Waals surface area contributed by atoms with Crippen molar-refractivity contribution in [3.63, 3.8) is 0 Å². The fourth-order valence-corrected chi connectivity index (χ4v) is 10.8. The van der Waals surface area contributed by atoms with Crippen molar-refractivity contribution in [2.45, 2.75) is 62.7 Å². The molecule has 8 rings (SSSR count). The molecular weight excluding hydrogens is 694 g/mol. The normalized spacial score (nSPS) is 43.0. The highest BCUT2D eigenvalue weighted by molar-refractivity contribution is 8.07. The van der Waals surface area contributed by atoms with Crippen LogP contribution in [0.2, 0.25) is 0 Å². The SMILES string of the molecule is C[C@@]12COP(O)(=S)O[C@H]3[C@@H](O)[C@H](n4cnc5c(N)ncnc54)[C@H]4C[C@]43COP(=O)(O)O[C@]1(C)[C@@H](O)[C@H](n1cnc3c(=O)[nH]c(N)nc31)C2. The van der Waals surface area contributed by atoms with E-state index in [4.69, 9.17) is 41.4 Å². The van der Waals surface area contributed by atoms with Crippen LogP contribution in [0.15, 0.2) is 23.8 Å². The summed E-state index contributed by atoms with van der Waals surface area (Å²) in [6.07, 6.45) is 0.338. The third-order valence-electron chi connectivity index (χ3n) is 10.7. The van der Waals surface area contributed by atoms with Gasteiger partial charge in [0.25, 0.3) is 5.56 Å². The molecule has 0 radical (unpaired) electrons. The van der Waals surface area contributed by atoms with Crippen LogP contribution in [0.3, 0.4) is 0 Å². The molecular formula is C25H32N10O10P2S. The number of aliphatic hydroxyl groups is 2. The van der Waals surface area contributed by atoms with Crippen LogP contribution >= 0.6 is 14.5 Å². The van der Waals surface area contributed by atoms with Gasteiger partial charge in [-0.1, -0.05) is 6.92 Å². The van der Waals surface area contributed by atoms with Crippen LogP contribution in [0.5, 0.6) is 0 Å². The summed E-state index contributed by atoms with van der Waals surface area (Å²) in [7, 11) is -4.97. The second-order valence-electron chi connectivity index (χ2n) is 13.4. The Morgan fingerprint density at radius 2 is 1.75 bits per heavy atom. The summed E-state index contributed by atoms with van der Waals surface area (Å²) in [5, 5.41) is 23.4. The average Bonchev–Trinajstić information content (AvgIpc) is 3.22. The van der Waals surface area contributed by atoms with Crippen LogP contribution in [0.1, 0.15) is 38.8 Å². The van der Waals surface area contributed by atoms with Gasteiger partial charge in [0, 0.05) is 10.8 Å². The number of phosphoric ester groups is 1. The van der Waals surface area contributed by atoms with Crippen LogP contribution in [0.25, 0.3) is 22.3 Å². The second-order valence-corrected chi connectivity index (χ2v) is 17.5. The number of hydrogen-bond donors (Lipinski definition) is 7. The molecule has 11 atom stereocenters. The van der Waals surface area contributed by atoms with E-state index in [0.717, 1.165) is 0 Å². The van der Waals surface area contributed by atoms with Crippen molar-refractivity contribution in [2.24, 2.45) is 16.7 Å². The highest BCUT2D eigenvalue weighted by Gasteiger charge is 2.74. The Kier molecular flexibility index (Phi) is 6.93. The predicted octanol–water partition coefficient (Wildman–Crippen LogP) is -0.118. The maximum absolute atomic E-state index is 13.7. The van der Waals surface area contributed by atoms with Gasteiger partial charge in [-0.3, -0.25) is 18.8 Å². The van der Waals surface area contributed by atoms with Crippen LogP contribution in [0.4, 0.5) is 11.8 Å². The first-order valence-electron chi connectivity index (χ1n) is 14.8. The molecule has 0 aromatic carbocycles. The van der Waals surface area contributed by atoms with Crippen molar-refractivity contribution in [3.8, 4) is 0 Å². The number of aromatic amines is 1. The number of fused-ring (bicyclic) bond motifs is 3. The molecule has 1 aliphatic heterocycles. The quantitative estimate of drug-likeness (QED) is 0.133. The molecule has 4 aromatic rings. The number of nitrogens with one attached hydrogen (secondary N) is 1. The molecule has 9 N–H and O–H groups in total.